The molecule has 0 amide bonds. The van der Waals surface area contributed by atoms with Gasteiger partial charge in [-0.15, -0.1) is 0 Å². The number of fused-ring (bicyclic) bond motifs is 3. The summed E-state index contributed by atoms with van der Waals surface area (Å²) < 4.78 is 2.19. The molecule has 2 aromatic heterocycles. The Bertz CT molecular complexity index is 2190. The van der Waals surface area contributed by atoms with Crippen molar-refractivity contribution in [3.05, 3.63) is 127 Å². The molecule has 4 fully saturated rings. The monoisotopic (exact) mass is 609 g/mol. The summed E-state index contributed by atoms with van der Waals surface area (Å²) in [7, 11) is 0. The van der Waals surface area contributed by atoms with Gasteiger partial charge in [-0.25, -0.2) is 4.98 Å². The molecule has 0 radical (unpaired) electrons. The van der Waals surface area contributed by atoms with E-state index in [-0.39, 0.29) is 0 Å². The summed E-state index contributed by atoms with van der Waals surface area (Å²) in [6.45, 7) is 0. The molecule has 2 aliphatic heterocycles. The van der Waals surface area contributed by atoms with Crippen LogP contribution in [-0.2, 0) is 0 Å². The van der Waals surface area contributed by atoms with E-state index >= 15 is 0 Å². The molecular formula is C42H35N5. The number of hydrogen-bond donors (Lipinski definition) is 0. The predicted molar refractivity (Wildman–Crippen MR) is 191 cm³/mol. The van der Waals surface area contributed by atoms with Crippen molar-refractivity contribution in [2.24, 2.45) is 11.8 Å². The van der Waals surface area contributed by atoms with Gasteiger partial charge in [0.05, 0.1) is 11.0 Å². The minimum atomic E-state index is 0.626. The fraction of sp³-hybridized carbons (Fsp3) is 0.214. The number of hydrogen-bond acceptors (Lipinski definition) is 4. The van der Waals surface area contributed by atoms with Crippen molar-refractivity contribution in [1.29, 1.82) is 0 Å². The Morgan fingerprint density at radius 2 is 1.00 bits per heavy atom. The molecule has 0 unspecified atom stereocenters. The topological polar surface area (TPSA) is 46.8 Å². The van der Waals surface area contributed by atoms with Crippen LogP contribution < -0.4 is 4.90 Å². The average Bonchev–Trinajstić information content (AvgIpc) is 3.46. The van der Waals surface area contributed by atoms with Gasteiger partial charge in [-0.3, -0.25) is 4.57 Å². The largest absolute Gasteiger partial charge is 0.366 e. The number of nitrogens with zero attached hydrogens (tertiary/aromatic N) is 5. The first kappa shape index (κ1) is 26.9. The molecule has 0 N–H and O–H groups in total. The van der Waals surface area contributed by atoms with Crippen LogP contribution in [0.5, 0.6) is 0 Å². The minimum Gasteiger partial charge on any atom is -0.366 e. The van der Waals surface area contributed by atoms with Crippen molar-refractivity contribution in [3.63, 3.8) is 0 Å². The Labute approximate surface area is 274 Å². The van der Waals surface area contributed by atoms with E-state index in [4.69, 9.17) is 15.0 Å². The zero-order chi connectivity index (χ0) is 30.9. The molecule has 0 atom stereocenters. The van der Waals surface area contributed by atoms with Crippen molar-refractivity contribution in [1.82, 2.24) is 19.5 Å². The minimum absolute atomic E-state index is 0.626. The van der Waals surface area contributed by atoms with E-state index in [1.54, 1.807) is 0 Å². The maximum atomic E-state index is 5.19. The van der Waals surface area contributed by atoms with Crippen molar-refractivity contribution < 1.29 is 0 Å². The molecule has 5 nitrogen and oxygen atoms in total. The van der Waals surface area contributed by atoms with Crippen LogP contribution in [0.4, 0.5) is 5.69 Å². The van der Waals surface area contributed by atoms with Gasteiger partial charge >= 0.3 is 0 Å². The highest BCUT2D eigenvalue weighted by molar-refractivity contribution is 6.09. The Balaban J connectivity index is 1.12. The third-order valence-electron chi connectivity index (χ3n) is 10.9. The Morgan fingerprint density at radius 3 is 1.66 bits per heavy atom. The molecule has 47 heavy (non-hydrogen) atoms. The van der Waals surface area contributed by atoms with Gasteiger partial charge in [0.25, 0.3) is 0 Å². The van der Waals surface area contributed by atoms with Gasteiger partial charge in [0, 0.05) is 39.7 Å². The van der Waals surface area contributed by atoms with Crippen molar-refractivity contribution in [3.8, 4) is 39.9 Å². The molecule has 2 saturated heterocycles. The summed E-state index contributed by atoms with van der Waals surface area (Å²) in [6.07, 6.45) is 6.89. The van der Waals surface area contributed by atoms with E-state index in [9.17, 15) is 0 Å². The second-order valence-corrected chi connectivity index (χ2v) is 13.8. The second kappa shape index (κ2) is 10.6. The van der Waals surface area contributed by atoms with Gasteiger partial charge in [0.1, 0.15) is 0 Å². The highest BCUT2D eigenvalue weighted by Gasteiger charge is 2.46. The first-order valence-corrected chi connectivity index (χ1v) is 17.0. The lowest BCUT2D eigenvalue weighted by Gasteiger charge is -2.57. The smallest absolute Gasteiger partial charge is 0.238 e. The summed E-state index contributed by atoms with van der Waals surface area (Å²) >= 11 is 0. The molecule has 228 valence electrons. The van der Waals surface area contributed by atoms with E-state index < -0.39 is 0 Å². The lowest BCUT2D eigenvalue weighted by atomic mass is 9.63. The van der Waals surface area contributed by atoms with Crippen molar-refractivity contribution in [2.45, 2.75) is 44.2 Å². The molecule has 4 bridgehead atoms. The Kier molecular flexibility index (Phi) is 6.08. The zero-order valence-corrected chi connectivity index (χ0v) is 26.2. The average molecular weight is 610 g/mol. The van der Waals surface area contributed by atoms with E-state index in [2.05, 4.69) is 137 Å². The van der Waals surface area contributed by atoms with Crippen molar-refractivity contribution >= 4 is 27.5 Å². The third-order valence-corrected chi connectivity index (χ3v) is 10.9. The standard InChI is InChI=1S/C42H35N5/c1-2-9-29(10-3-1)31-11-8-12-32(26-31)41-43-40(30-17-19-33(20-18-30)46-34-22-27-21-28(24-34)25-35(46)23-27)44-42(45-41)47-38-15-6-4-13-36(38)37-14-5-7-16-39(37)47/h1-20,26-28,34-35H,21-25H2. The molecule has 0 spiro atoms. The molecule has 2 aliphatic carbocycles. The molecular weight excluding hydrogens is 574 g/mol. The van der Waals surface area contributed by atoms with Crippen LogP contribution in [0.15, 0.2) is 127 Å². The van der Waals surface area contributed by atoms with Gasteiger partial charge in [-0.1, -0.05) is 84.9 Å². The summed E-state index contributed by atoms with van der Waals surface area (Å²) in [5.41, 5.74) is 7.78. The number of anilines is 1. The third kappa shape index (κ3) is 4.48. The highest BCUT2D eigenvalue weighted by Crippen LogP contribution is 2.50. The van der Waals surface area contributed by atoms with Gasteiger partial charge < -0.3 is 4.90 Å². The SMILES string of the molecule is c1ccc(-c2cccc(-c3nc(-c4ccc(N5C6CC7CC(C6)CC5C7)cc4)nc(-n4c5ccccc5c5ccccc54)n3)c2)cc1. The summed E-state index contributed by atoms with van der Waals surface area (Å²) in [6, 6.07) is 46.5. The highest BCUT2D eigenvalue weighted by atomic mass is 15.2. The summed E-state index contributed by atoms with van der Waals surface area (Å²) in [4.78, 5) is 18.3. The van der Waals surface area contributed by atoms with E-state index in [0.717, 1.165) is 39.6 Å². The van der Waals surface area contributed by atoms with Crippen LogP contribution in [0.25, 0.3) is 61.7 Å². The van der Waals surface area contributed by atoms with Crippen LogP contribution in [0, 0.1) is 11.8 Å². The molecule has 7 aromatic rings. The first-order chi connectivity index (χ1) is 23.2. The maximum Gasteiger partial charge on any atom is 0.238 e. The Hall–Kier alpha value is -5.29. The molecule has 4 heterocycles. The number of para-hydroxylation sites is 2. The van der Waals surface area contributed by atoms with E-state index in [1.807, 2.05) is 0 Å². The van der Waals surface area contributed by atoms with Crippen LogP contribution in [0.2, 0.25) is 0 Å². The van der Waals surface area contributed by atoms with Gasteiger partial charge in [-0.2, -0.15) is 9.97 Å². The number of rotatable bonds is 5. The predicted octanol–water partition coefficient (Wildman–Crippen LogP) is 9.74. The molecule has 5 aromatic carbocycles. The van der Waals surface area contributed by atoms with Gasteiger partial charge in [-0.05, 0) is 97.5 Å². The number of aromatic nitrogens is 4. The van der Waals surface area contributed by atoms with E-state index in [0.29, 0.717) is 29.7 Å². The first-order valence-electron chi connectivity index (χ1n) is 17.0. The second-order valence-electron chi connectivity index (χ2n) is 13.8. The van der Waals surface area contributed by atoms with Crippen LogP contribution in [0.3, 0.4) is 0 Å². The lowest BCUT2D eigenvalue weighted by molar-refractivity contribution is 0.0900. The molecule has 4 aliphatic rings. The molecule has 5 heteroatoms. The van der Waals surface area contributed by atoms with Crippen molar-refractivity contribution in [2.75, 3.05) is 4.90 Å². The molecule has 2 saturated carbocycles. The summed E-state index contributed by atoms with van der Waals surface area (Å²) in [5.74, 6) is 3.86. The van der Waals surface area contributed by atoms with E-state index in [1.165, 1.54) is 54.1 Å². The maximum absolute atomic E-state index is 5.19. The quantitative estimate of drug-likeness (QED) is 0.195. The van der Waals surface area contributed by atoms with Gasteiger partial charge in [0.15, 0.2) is 11.6 Å². The normalized spacial score (nSPS) is 21.6. The summed E-state index contributed by atoms with van der Waals surface area (Å²) in [5, 5.41) is 2.37. The van der Waals surface area contributed by atoms with Gasteiger partial charge in [0.2, 0.25) is 5.95 Å². The van der Waals surface area contributed by atoms with Crippen LogP contribution in [-0.4, -0.2) is 31.6 Å². The van der Waals surface area contributed by atoms with Crippen LogP contribution >= 0.6 is 0 Å². The van der Waals surface area contributed by atoms with Crippen LogP contribution in [0.1, 0.15) is 32.1 Å². The zero-order valence-electron chi connectivity index (χ0n) is 26.2. The number of piperidine rings is 2. The number of benzene rings is 5. The molecule has 11 rings (SSSR count). The fourth-order valence-electron chi connectivity index (χ4n) is 9.07. The Morgan fingerprint density at radius 1 is 0.447 bits per heavy atom. The fourth-order valence-corrected chi connectivity index (χ4v) is 9.07. The lowest BCUT2D eigenvalue weighted by Crippen LogP contribution is -2.58.